The van der Waals surface area contributed by atoms with E-state index in [2.05, 4.69) is 24.1 Å². The standard InChI is InChI=1S/C33H41F2N5O5S/c1-5-6-15-40(33(42)37-29-18-26(32(36)41)27(34)19-28(29)35)23-13-16-39(17-14-23)20-22-7-12-30(38-31(22)21(2)3)45-24-8-10-25(11-9-24)46(4,43)44/h7-12,18-19,21,23H,5-6,13-17,20H2,1-4H3,(H2,36,41)(H,37,42). The van der Waals surface area contributed by atoms with Gasteiger partial charge in [-0.15, -0.1) is 0 Å². The first-order valence-electron chi connectivity index (χ1n) is 15.3. The number of ether oxygens (including phenoxy) is 1. The van der Waals surface area contributed by atoms with Gasteiger partial charge in [0.1, 0.15) is 17.4 Å². The fourth-order valence-corrected chi connectivity index (χ4v) is 6.11. The summed E-state index contributed by atoms with van der Waals surface area (Å²) >= 11 is 0. The van der Waals surface area contributed by atoms with Crippen molar-refractivity contribution in [1.29, 1.82) is 0 Å². The Kier molecular flexibility index (Phi) is 11.3. The topological polar surface area (TPSA) is 135 Å². The van der Waals surface area contributed by atoms with Crippen molar-refractivity contribution >= 4 is 27.5 Å². The highest BCUT2D eigenvalue weighted by molar-refractivity contribution is 7.90. The molecule has 0 atom stereocenters. The van der Waals surface area contributed by atoms with E-state index in [4.69, 9.17) is 15.5 Å². The maximum atomic E-state index is 14.5. The first kappa shape index (κ1) is 34.8. The Morgan fingerprint density at radius 1 is 1.09 bits per heavy atom. The van der Waals surface area contributed by atoms with E-state index in [1.54, 1.807) is 23.1 Å². The second kappa shape index (κ2) is 15.0. The number of hydrogen-bond acceptors (Lipinski definition) is 7. The summed E-state index contributed by atoms with van der Waals surface area (Å²) in [6.07, 6.45) is 4.17. The average Bonchev–Trinajstić information content (AvgIpc) is 2.99. The van der Waals surface area contributed by atoms with Gasteiger partial charge in [-0.2, -0.15) is 0 Å². The van der Waals surface area contributed by atoms with Gasteiger partial charge >= 0.3 is 6.03 Å². The molecule has 0 saturated carbocycles. The number of amides is 3. The number of unbranched alkanes of at least 4 members (excludes halogenated alkanes) is 1. The Morgan fingerprint density at radius 2 is 1.76 bits per heavy atom. The number of pyridine rings is 1. The number of piperidine rings is 1. The van der Waals surface area contributed by atoms with Crippen molar-refractivity contribution in [2.24, 2.45) is 5.73 Å². The van der Waals surface area contributed by atoms with Crippen molar-refractivity contribution in [3.8, 4) is 11.6 Å². The van der Waals surface area contributed by atoms with E-state index in [0.29, 0.717) is 43.6 Å². The number of nitrogens with zero attached hydrogens (tertiary/aromatic N) is 3. The molecule has 1 aliphatic heterocycles. The molecule has 3 aromatic rings. The van der Waals surface area contributed by atoms with E-state index in [1.807, 2.05) is 13.0 Å². The molecule has 0 spiro atoms. The highest BCUT2D eigenvalue weighted by Crippen LogP contribution is 2.28. The summed E-state index contributed by atoms with van der Waals surface area (Å²) in [5, 5.41) is 2.52. The number of likely N-dealkylation sites (tertiary alicyclic amines) is 1. The van der Waals surface area contributed by atoms with Gasteiger partial charge in [0.25, 0.3) is 5.91 Å². The Bertz CT molecular complexity index is 1660. The van der Waals surface area contributed by atoms with Crippen LogP contribution < -0.4 is 15.8 Å². The Labute approximate surface area is 268 Å². The summed E-state index contributed by atoms with van der Waals surface area (Å²) < 4.78 is 57.9. The number of carbonyl (C=O) groups excluding carboxylic acids is 2. The van der Waals surface area contributed by atoms with E-state index in [9.17, 15) is 26.8 Å². The number of anilines is 1. The van der Waals surface area contributed by atoms with Crippen LogP contribution in [-0.4, -0.2) is 67.1 Å². The number of hydrogen-bond donors (Lipinski definition) is 2. The van der Waals surface area contributed by atoms with E-state index in [-0.39, 0.29) is 22.5 Å². The number of urea groups is 1. The minimum atomic E-state index is -3.30. The molecule has 10 nitrogen and oxygen atoms in total. The van der Waals surface area contributed by atoms with Gasteiger partial charge in [-0.3, -0.25) is 9.69 Å². The van der Waals surface area contributed by atoms with Gasteiger partial charge in [0.05, 0.1) is 21.8 Å². The molecule has 248 valence electrons. The Hall–Kier alpha value is -4.10. The van der Waals surface area contributed by atoms with Crippen LogP contribution in [0.2, 0.25) is 0 Å². The third-order valence-electron chi connectivity index (χ3n) is 7.98. The quantitative estimate of drug-likeness (QED) is 0.241. The van der Waals surface area contributed by atoms with Crippen molar-refractivity contribution in [2.45, 2.75) is 69.9 Å². The molecule has 3 N–H and O–H groups in total. The molecular formula is C33H41F2N5O5S. The van der Waals surface area contributed by atoms with Gasteiger partial charge in [-0.05, 0) is 61.1 Å². The van der Waals surface area contributed by atoms with Crippen molar-refractivity contribution in [2.75, 3.05) is 31.2 Å². The molecule has 1 aromatic heterocycles. The monoisotopic (exact) mass is 657 g/mol. The molecule has 0 bridgehead atoms. The van der Waals surface area contributed by atoms with Crippen LogP contribution in [0.3, 0.4) is 0 Å². The molecule has 13 heteroatoms. The fraction of sp³-hybridized carbons (Fsp3) is 0.424. The van der Waals surface area contributed by atoms with Crippen LogP contribution in [0, 0.1) is 11.6 Å². The van der Waals surface area contributed by atoms with Crippen LogP contribution in [0.15, 0.2) is 53.4 Å². The van der Waals surface area contributed by atoms with Gasteiger partial charge in [0.15, 0.2) is 9.84 Å². The van der Waals surface area contributed by atoms with Gasteiger partial charge in [-0.1, -0.05) is 33.3 Å². The molecule has 3 amide bonds. The summed E-state index contributed by atoms with van der Waals surface area (Å²) in [5.41, 5.74) is 6.36. The zero-order valence-corrected chi connectivity index (χ0v) is 27.4. The molecule has 1 fully saturated rings. The van der Waals surface area contributed by atoms with Crippen LogP contribution in [0.5, 0.6) is 11.6 Å². The largest absolute Gasteiger partial charge is 0.439 e. The molecule has 1 saturated heterocycles. The van der Waals surface area contributed by atoms with Gasteiger partial charge in [-0.25, -0.2) is 27.0 Å². The summed E-state index contributed by atoms with van der Waals surface area (Å²) in [5.74, 6) is -2.11. The lowest BCUT2D eigenvalue weighted by molar-refractivity contribution is 0.0996. The predicted octanol–water partition coefficient (Wildman–Crippen LogP) is 6.08. The van der Waals surface area contributed by atoms with Gasteiger partial charge in [0.2, 0.25) is 5.88 Å². The Balaban J connectivity index is 1.41. The summed E-state index contributed by atoms with van der Waals surface area (Å²) in [4.78, 5) is 33.9. The number of nitrogens with two attached hydrogens (primary N) is 1. The van der Waals surface area contributed by atoms with Crippen molar-refractivity contribution < 1.29 is 31.5 Å². The minimum Gasteiger partial charge on any atom is -0.439 e. The summed E-state index contributed by atoms with van der Waals surface area (Å²) in [7, 11) is -3.30. The van der Waals surface area contributed by atoms with Crippen molar-refractivity contribution in [3.63, 3.8) is 0 Å². The number of carbonyl (C=O) groups is 2. The fourth-order valence-electron chi connectivity index (χ4n) is 5.48. The third-order valence-corrected chi connectivity index (χ3v) is 9.11. The zero-order valence-electron chi connectivity index (χ0n) is 26.6. The van der Waals surface area contributed by atoms with E-state index in [1.165, 1.54) is 12.1 Å². The summed E-state index contributed by atoms with van der Waals surface area (Å²) in [6.45, 7) is 8.71. The average molecular weight is 658 g/mol. The molecule has 0 unspecified atom stereocenters. The molecule has 2 aromatic carbocycles. The van der Waals surface area contributed by atoms with Gasteiger partial charge in [0, 0.05) is 50.6 Å². The smallest absolute Gasteiger partial charge is 0.322 e. The normalized spacial score (nSPS) is 14.3. The number of sulfone groups is 1. The third kappa shape index (κ3) is 8.79. The molecular weight excluding hydrogens is 616 g/mol. The lowest BCUT2D eigenvalue weighted by atomic mass is 10.00. The predicted molar refractivity (Wildman–Crippen MR) is 172 cm³/mol. The molecule has 4 rings (SSSR count). The summed E-state index contributed by atoms with van der Waals surface area (Å²) in [6, 6.07) is 10.9. The van der Waals surface area contributed by atoms with Crippen LogP contribution in [0.4, 0.5) is 19.3 Å². The van der Waals surface area contributed by atoms with Crippen molar-refractivity contribution in [1.82, 2.24) is 14.8 Å². The number of rotatable bonds is 12. The number of primary amides is 1. The molecule has 0 aliphatic carbocycles. The zero-order chi connectivity index (χ0) is 33.6. The number of nitrogens with one attached hydrogen (secondary N) is 1. The number of halogens is 2. The maximum absolute atomic E-state index is 14.5. The first-order chi connectivity index (χ1) is 21.8. The second-order valence-electron chi connectivity index (χ2n) is 11.9. The highest BCUT2D eigenvalue weighted by atomic mass is 32.2. The lowest BCUT2D eigenvalue weighted by Gasteiger charge is -2.39. The maximum Gasteiger partial charge on any atom is 0.322 e. The lowest BCUT2D eigenvalue weighted by Crippen LogP contribution is -2.49. The molecule has 46 heavy (non-hydrogen) atoms. The van der Waals surface area contributed by atoms with Crippen LogP contribution in [0.1, 0.15) is 74.0 Å². The highest BCUT2D eigenvalue weighted by Gasteiger charge is 2.29. The molecule has 0 radical (unpaired) electrons. The number of aromatic nitrogens is 1. The minimum absolute atomic E-state index is 0.0884. The molecule has 2 heterocycles. The van der Waals surface area contributed by atoms with Crippen LogP contribution in [0.25, 0.3) is 0 Å². The van der Waals surface area contributed by atoms with Crippen LogP contribution in [-0.2, 0) is 16.4 Å². The molecule has 1 aliphatic rings. The van der Waals surface area contributed by atoms with E-state index >= 15 is 0 Å². The van der Waals surface area contributed by atoms with Crippen molar-refractivity contribution in [3.05, 3.63) is 77.0 Å². The van der Waals surface area contributed by atoms with E-state index < -0.39 is 39.0 Å². The first-order valence-corrected chi connectivity index (χ1v) is 17.2. The second-order valence-corrected chi connectivity index (χ2v) is 13.9. The van der Waals surface area contributed by atoms with Gasteiger partial charge < -0.3 is 20.7 Å². The SMILES string of the molecule is CCCCN(C(=O)Nc1cc(C(N)=O)c(F)cc1F)C1CCN(Cc2ccc(Oc3ccc(S(C)(=O)=O)cc3)nc2C(C)C)CC1. The number of benzene rings is 2. The Morgan fingerprint density at radius 3 is 2.35 bits per heavy atom. The van der Waals surface area contributed by atoms with Crippen LogP contribution >= 0.6 is 0 Å². The van der Waals surface area contributed by atoms with E-state index in [0.717, 1.165) is 49.5 Å².